The van der Waals surface area contributed by atoms with E-state index in [-0.39, 0.29) is 0 Å². The predicted molar refractivity (Wildman–Crippen MR) is 129 cm³/mol. The molecular formula is C30H50. The highest BCUT2D eigenvalue weighted by Gasteiger charge is 2.68. The van der Waals surface area contributed by atoms with Gasteiger partial charge >= 0.3 is 0 Å². The Morgan fingerprint density at radius 3 is 2.17 bits per heavy atom. The van der Waals surface area contributed by atoms with E-state index >= 15 is 0 Å². The molecule has 0 heterocycles. The van der Waals surface area contributed by atoms with Crippen LogP contribution in [0.3, 0.4) is 0 Å². The van der Waals surface area contributed by atoms with Crippen molar-refractivity contribution in [2.75, 3.05) is 0 Å². The molecule has 0 aromatic carbocycles. The van der Waals surface area contributed by atoms with Crippen LogP contribution in [0, 0.1) is 62.6 Å². The first-order valence-electron chi connectivity index (χ1n) is 13.6. The van der Waals surface area contributed by atoms with Crippen molar-refractivity contribution in [2.24, 2.45) is 62.6 Å². The number of hydrogen-bond donors (Lipinski definition) is 0. The van der Waals surface area contributed by atoms with Crippen LogP contribution in [0.1, 0.15) is 113 Å². The van der Waals surface area contributed by atoms with E-state index in [1.807, 2.05) is 0 Å². The zero-order valence-corrected chi connectivity index (χ0v) is 21.5. The van der Waals surface area contributed by atoms with Crippen LogP contribution in [-0.4, -0.2) is 0 Å². The first-order chi connectivity index (χ1) is 13.9. The van der Waals surface area contributed by atoms with Gasteiger partial charge in [0.1, 0.15) is 0 Å². The van der Waals surface area contributed by atoms with Crippen LogP contribution in [-0.2, 0) is 0 Å². The van der Waals surface area contributed by atoms with Gasteiger partial charge in [-0.3, -0.25) is 0 Å². The van der Waals surface area contributed by atoms with Gasteiger partial charge < -0.3 is 0 Å². The highest BCUT2D eigenvalue weighted by Crippen LogP contribution is 2.76. The summed E-state index contributed by atoms with van der Waals surface area (Å²) >= 11 is 0. The molecule has 1 unspecified atom stereocenters. The van der Waals surface area contributed by atoms with Crippen LogP contribution in [0.2, 0.25) is 0 Å². The van der Waals surface area contributed by atoms with Crippen LogP contribution in [0.15, 0.2) is 12.2 Å². The highest BCUT2D eigenvalue weighted by molar-refractivity contribution is 5.21. The van der Waals surface area contributed by atoms with E-state index in [1.54, 1.807) is 0 Å². The number of rotatable bonds is 0. The molecule has 4 saturated carbocycles. The average molecular weight is 411 g/mol. The first-order valence-corrected chi connectivity index (χ1v) is 13.6. The summed E-state index contributed by atoms with van der Waals surface area (Å²) in [5.74, 6) is 5.55. The summed E-state index contributed by atoms with van der Waals surface area (Å²) in [4.78, 5) is 0. The van der Waals surface area contributed by atoms with Crippen molar-refractivity contribution in [3.63, 3.8) is 0 Å². The summed E-state index contributed by atoms with van der Waals surface area (Å²) < 4.78 is 0. The van der Waals surface area contributed by atoms with E-state index in [0.717, 1.165) is 35.5 Å². The minimum atomic E-state index is 0.380. The van der Waals surface area contributed by atoms with Gasteiger partial charge in [0.15, 0.2) is 0 Å². The van der Waals surface area contributed by atoms with Crippen LogP contribution < -0.4 is 0 Å². The zero-order chi connectivity index (χ0) is 21.7. The minimum absolute atomic E-state index is 0.380. The fourth-order valence-electron chi connectivity index (χ4n) is 11.3. The van der Waals surface area contributed by atoms with Crippen LogP contribution in [0.4, 0.5) is 0 Å². The fourth-order valence-corrected chi connectivity index (χ4v) is 11.3. The molecule has 5 aliphatic rings. The van der Waals surface area contributed by atoms with Gasteiger partial charge in [0.2, 0.25) is 0 Å². The molecule has 0 bridgehead atoms. The van der Waals surface area contributed by atoms with Crippen molar-refractivity contribution < 1.29 is 0 Å². The van der Waals surface area contributed by atoms with Gasteiger partial charge in [-0.25, -0.2) is 0 Å². The maximum Gasteiger partial charge on any atom is -0.0141 e. The lowest BCUT2D eigenvalue weighted by molar-refractivity contribution is -0.238. The Morgan fingerprint density at radius 2 is 1.43 bits per heavy atom. The summed E-state index contributed by atoms with van der Waals surface area (Å²) in [5.41, 5.74) is 2.58. The SMILES string of the molecule is C[C@@H]1[C@H]2[C@H]3CC[C@@H]4[C@@]5(C)CC=CC(C)(C)C5CC[C@@]4(C)[C@]3(C)CC[C@@]2(C)CC[C@H]1C. The molecule has 0 spiro atoms. The molecule has 170 valence electrons. The van der Waals surface area contributed by atoms with E-state index in [4.69, 9.17) is 0 Å². The molecule has 0 saturated heterocycles. The van der Waals surface area contributed by atoms with E-state index < -0.39 is 0 Å². The second-order valence-corrected chi connectivity index (χ2v) is 14.7. The average Bonchev–Trinajstić information content (AvgIpc) is 2.65. The Kier molecular flexibility index (Phi) is 4.61. The summed E-state index contributed by atoms with van der Waals surface area (Å²) in [5, 5.41) is 0. The molecule has 0 aromatic rings. The molecule has 10 atom stereocenters. The Balaban J connectivity index is 1.55. The van der Waals surface area contributed by atoms with Crippen LogP contribution >= 0.6 is 0 Å². The monoisotopic (exact) mass is 410 g/mol. The third kappa shape index (κ3) is 2.52. The highest BCUT2D eigenvalue weighted by atomic mass is 14.7. The first kappa shape index (κ1) is 21.6. The van der Waals surface area contributed by atoms with E-state index in [1.165, 1.54) is 57.8 Å². The third-order valence-electron chi connectivity index (χ3n) is 13.3. The molecule has 0 radical (unpaired) electrons. The number of fused-ring (bicyclic) bond motifs is 7. The fraction of sp³-hybridized carbons (Fsp3) is 0.933. The van der Waals surface area contributed by atoms with Crippen molar-refractivity contribution in [3.05, 3.63) is 12.2 Å². The number of hydrogen-bond acceptors (Lipinski definition) is 0. The quantitative estimate of drug-likeness (QED) is 0.350. The molecule has 5 aliphatic carbocycles. The molecule has 0 aliphatic heterocycles. The molecule has 0 heteroatoms. The molecule has 30 heavy (non-hydrogen) atoms. The van der Waals surface area contributed by atoms with Crippen molar-refractivity contribution in [1.82, 2.24) is 0 Å². The van der Waals surface area contributed by atoms with Gasteiger partial charge in [0.05, 0.1) is 0 Å². The van der Waals surface area contributed by atoms with Gasteiger partial charge in [0, 0.05) is 0 Å². The summed E-state index contributed by atoms with van der Waals surface area (Å²) in [6.45, 7) is 21.2. The summed E-state index contributed by atoms with van der Waals surface area (Å²) in [6, 6.07) is 0. The Hall–Kier alpha value is -0.260. The third-order valence-corrected chi connectivity index (χ3v) is 13.3. The lowest BCUT2D eigenvalue weighted by Gasteiger charge is -2.73. The maximum absolute atomic E-state index is 2.79. The van der Waals surface area contributed by atoms with Crippen molar-refractivity contribution >= 4 is 0 Å². The standard InChI is InChI=1S/C30H50/c1-20-12-16-27(5)18-19-29(7)22(25(27)21(20)2)10-11-24-28(6)15-9-14-26(3,4)23(28)13-17-30(24,29)8/h9,14,20-25H,10-13,15-19H2,1-8H3/t20-,21+,22-,23?,24-,25+,27-,28+,29-,30-/m1/s1. The predicted octanol–water partition coefficient (Wildman–Crippen LogP) is 8.91. The van der Waals surface area contributed by atoms with Gasteiger partial charge in [-0.05, 0) is 120 Å². The molecule has 0 nitrogen and oxygen atoms in total. The van der Waals surface area contributed by atoms with Crippen molar-refractivity contribution in [3.8, 4) is 0 Å². The molecule has 0 amide bonds. The molecule has 5 rings (SSSR count). The Morgan fingerprint density at radius 1 is 0.700 bits per heavy atom. The van der Waals surface area contributed by atoms with E-state index in [0.29, 0.717) is 27.1 Å². The minimum Gasteiger partial charge on any atom is -0.0874 e. The topological polar surface area (TPSA) is 0 Å². The summed E-state index contributed by atoms with van der Waals surface area (Å²) in [6.07, 6.45) is 18.4. The number of allylic oxidation sites excluding steroid dienone is 2. The smallest absolute Gasteiger partial charge is 0.0141 e. The van der Waals surface area contributed by atoms with Crippen molar-refractivity contribution in [2.45, 2.75) is 113 Å². The zero-order valence-electron chi connectivity index (χ0n) is 21.5. The second-order valence-electron chi connectivity index (χ2n) is 14.7. The normalized spacial score (nSPS) is 59.5. The second kappa shape index (κ2) is 6.41. The maximum atomic E-state index is 2.79. The Bertz CT molecular complexity index is 730. The molecule has 0 aromatic heterocycles. The molecule has 4 fully saturated rings. The van der Waals surface area contributed by atoms with Gasteiger partial charge in [-0.1, -0.05) is 67.5 Å². The van der Waals surface area contributed by atoms with Gasteiger partial charge in [-0.2, -0.15) is 0 Å². The molecular weight excluding hydrogens is 360 g/mol. The van der Waals surface area contributed by atoms with Crippen LogP contribution in [0.5, 0.6) is 0 Å². The van der Waals surface area contributed by atoms with E-state index in [9.17, 15) is 0 Å². The largest absolute Gasteiger partial charge is 0.0874 e. The Labute approximate surface area is 188 Å². The molecule has 0 N–H and O–H groups in total. The van der Waals surface area contributed by atoms with Gasteiger partial charge in [-0.15, -0.1) is 0 Å². The van der Waals surface area contributed by atoms with Crippen LogP contribution in [0.25, 0.3) is 0 Å². The lowest BCUT2D eigenvalue weighted by Crippen LogP contribution is -2.66. The van der Waals surface area contributed by atoms with E-state index in [2.05, 4.69) is 67.5 Å². The van der Waals surface area contributed by atoms with Gasteiger partial charge in [0.25, 0.3) is 0 Å². The van der Waals surface area contributed by atoms with Crippen molar-refractivity contribution in [1.29, 1.82) is 0 Å². The summed E-state index contributed by atoms with van der Waals surface area (Å²) in [7, 11) is 0. The lowest BCUT2D eigenvalue weighted by atomic mass is 9.32.